The molecule has 3 aromatic heterocycles. The first-order valence-corrected chi connectivity index (χ1v) is 5.76. The highest BCUT2D eigenvalue weighted by Crippen LogP contribution is 2.24. The van der Waals surface area contributed by atoms with Gasteiger partial charge < -0.3 is 0 Å². The predicted molar refractivity (Wildman–Crippen MR) is 68.6 cm³/mol. The summed E-state index contributed by atoms with van der Waals surface area (Å²) in [4.78, 5) is 17.2. The zero-order valence-electron chi connectivity index (χ0n) is 9.08. The fraction of sp³-hybridized carbons (Fsp3) is 0. The van der Waals surface area contributed by atoms with E-state index in [4.69, 9.17) is 11.6 Å². The van der Waals surface area contributed by atoms with E-state index in [9.17, 15) is 0 Å². The Labute approximate surface area is 106 Å². The van der Waals surface area contributed by atoms with E-state index in [2.05, 4.69) is 19.9 Å². The van der Waals surface area contributed by atoms with Crippen molar-refractivity contribution in [2.45, 2.75) is 0 Å². The number of nitrogens with zero attached hydrogens (tertiary/aromatic N) is 5. The van der Waals surface area contributed by atoms with E-state index in [-0.39, 0.29) is 0 Å². The molecule has 0 unspecified atom stereocenters. The number of hydrogen-bond donors (Lipinski definition) is 0. The van der Waals surface area contributed by atoms with E-state index in [0.29, 0.717) is 22.1 Å². The van der Waals surface area contributed by atoms with Gasteiger partial charge in [-0.2, -0.15) is 0 Å². The quantitative estimate of drug-likeness (QED) is 0.484. The first-order valence-electron chi connectivity index (χ1n) is 5.38. The van der Waals surface area contributed by atoms with Gasteiger partial charge in [0.2, 0.25) is 0 Å². The second-order valence-electron chi connectivity index (χ2n) is 3.87. The maximum Gasteiger partial charge on any atom is 0.197 e. The van der Waals surface area contributed by atoms with Gasteiger partial charge in [-0.25, -0.2) is 19.9 Å². The van der Waals surface area contributed by atoms with Crippen molar-refractivity contribution in [1.82, 2.24) is 24.3 Å². The van der Waals surface area contributed by atoms with Crippen LogP contribution in [0.1, 0.15) is 0 Å². The van der Waals surface area contributed by atoms with Crippen LogP contribution in [0.3, 0.4) is 0 Å². The van der Waals surface area contributed by atoms with Gasteiger partial charge in [0.05, 0.1) is 11.0 Å². The van der Waals surface area contributed by atoms with Crippen LogP contribution in [0.5, 0.6) is 0 Å². The van der Waals surface area contributed by atoms with Gasteiger partial charge in [-0.1, -0.05) is 23.7 Å². The SMILES string of the molecule is Clc1nc2nccnc2n2c1nc1ccccc12. The van der Waals surface area contributed by atoms with E-state index in [1.54, 1.807) is 12.4 Å². The lowest BCUT2D eigenvalue weighted by molar-refractivity contribution is 1.13. The van der Waals surface area contributed by atoms with Gasteiger partial charge in [0.25, 0.3) is 0 Å². The van der Waals surface area contributed by atoms with Crippen LogP contribution in [0.2, 0.25) is 5.15 Å². The molecule has 0 saturated carbocycles. The largest absolute Gasteiger partial charge is 0.271 e. The average molecular weight is 256 g/mol. The number of rotatable bonds is 0. The molecular weight excluding hydrogens is 250 g/mol. The Balaban J connectivity index is 2.41. The van der Waals surface area contributed by atoms with E-state index >= 15 is 0 Å². The molecule has 0 atom stereocenters. The Bertz CT molecular complexity index is 899. The van der Waals surface area contributed by atoms with Crippen LogP contribution in [0.15, 0.2) is 36.7 Å². The monoisotopic (exact) mass is 255 g/mol. The van der Waals surface area contributed by atoms with Crippen LogP contribution in [0.25, 0.3) is 28.0 Å². The predicted octanol–water partition coefficient (Wildman–Crippen LogP) is 2.48. The fourth-order valence-electron chi connectivity index (χ4n) is 2.08. The normalized spacial score (nSPS) is 11.6. The number of fused-ring (bicyclic) bond motifs is 5. The number of aromatic nitrogens is 5. The minimum atomic E-state index is 0.333. The smallest absolute Gasteiger partial charge is 0.197 e. The Morgan fingerprint density at radius 2 is 1.78 bits per heavy atom. The molecular formula is C12H6ClN5. The summed E-state index contributed by atoms with van der Waals surface area (Å²) in [6, 6.07) is 7.79. The topological polar surface area (TPSA) is 56.0 Å². The van der Waals surface area contributed by atoms with Crippen LogP contribution in [0, 0.1) is 0 Å². The van der Waals surface area contributed by atoms with Crippen molar-refractivity contribution in [3.05, 3.63) is 41.8 Å². The highest BCUT2D eigenvalue weighted by molar-refractivity contribution is 6.32. The molecule has 0 aliphatic carbocycles. The molecule has 0 spiro atoms. The summed E-state index contributed by atoms with van der Waals surface area (Å²) in [5, 5.41) is 0.333. The lowest BCUT2D eigenvalue weighted by atomic mass is 10.3. The first-order chi connectivity index (χ1) is 8.84. The minimum absolute atomic E-state index is 0.333. The van der Waals surface area contributed by atoms with Crippen molar-refractivity contribution in [2.75, 3.05) is 0 Å². The van der Waals surface area contributed by atoms with E-state index in [1.165, 1.54) is 0 Å². The number of imidazole rings is 1. The summed E-state index contributed by atoms with van der Waals surface area (Å²) >= 11 is 6.15. The van der Waals surface area contributed by atoms with Gasteiger partial charge in [-0.05, 0) is 12.1 Å². The maximum atomic E-state index is 6.15. The Hall–Kier alpha value is -2.27. The zero-order chi connectivity index (χ0) is 12.1. The fourth-order valence-corrected chi connectivity index (χ4v) is 2.29. The Kier molecular flexibility index (Phi) is 1.82. The number of halogens is 1. The Morgan fingerprint density at radius 1 is 0.944 bits per heavy atom. The van der Waals surface area contributed by atoms with Crippen LogP contribution < -0.4 is 0 Å². The second kappa shape index (κ2) is 3.36. The molecule has 86 valence electrons. The summed E-state index contributed by atoms with van der Waals surface area (Å²) in [5.41, 5.74) is 3.58. The van der Waals surface area contributed by atoms with Crippen molar-refractivity contribution >= 4 is 39.6 Å². The highest BCUT2D eigenvalue weighted by Gasteiger charge is 2.13. The summed E-state index contributed by atoms with van der Waals surface area (Å²) in [7, 11) is 0. The third-order valence-electron chi connectivity index (χ3n) is 2.82. The number of para-hydroxylation sites is 2. The van der Waals surface area contributed by atoms with Gasteiger partial charge in [0.1, 0.15) is 0 Å². The van der Waals surface area contributed by atoms with Crippen molar-refractivity contribution in [3.8, 4) is 0 Å². The van der Waals surface area contributed by atoms with Crippen molar-refractivity contribution in [3.63, 3.8) is 0 Å². The van der Waals surface area contributed by atoms with Crippen LogP contribution in [-0.4, -0.2) is 24.3 Å². The molecule has 0 saturated heterocycles. The lowest BCUT2D eigenvalue weighted by Gasteiger charge is -2.01. The highest BCUT2D eigenvalue weighted by atomic mass is 35.5. The zero-order valence-corrected chi connectivity index (χ0v) is 9.83. The molecule has 5 nitrogen and oxygen atoms in total. The standard InChI is InChI=1S/C12H6ClN5/c13-9-11-16-7-3-1-2-4-8(7)18(11)12-10(17-9)14-5-6-15-12/h1-6H. The van der Waals surface area contributed by atoms with Crippen LogP contribution >= 0.6 is 11.6 Å². The third-order valence-corrected chi connectivity index (χ3v) is 3.08. The van der Waals surface area contributed by atoms with Crippen molar-refractivity contribution in [1.29, 1.82) is 0 Å². The Morgan fingerprint density at radius 3 is 2.72 bits per heavy atom. The minimum Gasteiger partial charge on any atom is -0.271 e. The van der Waals surface area contributed by atoms with Crippen molar-refractivity contribution in [2.24, 2.45) is 0 Å². The van der Waals surface area contributed by atoms with Crippen LogP contribution in [0.4, 0.5) is 0 Å². The number of hydrogen-bond acceptors (Lipinski definition) is 4. The molecule has 4 aromatic rings. The van der Waals surface area contributed by atoms with Crippen molar-refractivity contribution < 1.29 is 0 Å². The molecule has 1 aromatic carbocycles. The van der Waals surface area contributed by atoms with Gasteiger partial charge in [-0.15, -0.1) is 0 Å². The van der Waals surface area contributed by atoms with E-state index < -0.39 is 0 Å². The molecule has 18 heavy (non-hydrogen) atoms. The summed E-state index contributed by atoms with van der Waals surface area (Å²) in [6.45, 7) is 0. The molecule has 3 heterocycles. The molecule has 0 N–H and O–H groups in total. The van der Waals surface area contributed by atoms with Crippen LogP contribution in [-0.2, 0) is 0 Å². The maximum absolute atomic E-state index is 6.15. The van der Waals surface area contributed by atoms with E-state index in [1.807, 2.05) is 28.7 Å². The molecule has 0 aliphatic rings. The number of benzene rings is 1. The molecule has 0 bridgehead atoms. The third kappa shape index (κ3) is 1.16. The molecule has 6 heteroatoms. The van der Waals surface area contributed by atoms with Gasteiger partial charge in [0.15, 0.2) is 22.1 Å². The molecule has 0 amide bonds. The first kappa shape index (κ1) is 9.73. The molecule has 0 radical (unpaired) electrons. The van der Waals surface area contributed by atoms with Gasteiger partial charge >= 0.3 is 0 Å². The molecule has 4 rings (SSSR count). The van der Waals surface area contributed by atoms with E-state index in [0.717, 1.165) is 11.0 Å². The molecule has 0 fully saturated rings. The lowest BCUT2D eigenvalue weighted by Crippen LogP contribution is -1.96. The van der Waals surface area contributed by atoms with Gasteiger partial charge in [0, 0.05) is 12.4 Å². The second-order valence-corrected chi connectivity index (χ2v) is 4.22. The average Bonchev–Trinajstić information content (AvgIpc) is 2.79. The summed E-state index contributed by atoms with van der Waals surface area (Å²) in [6.07, 6.45) is 3.22. The van der Waals surface area contributed by atoms with Gasteiger partial charge in [-0.3, -0.25) is 4.40 Å². The molecule has 0 aliphatic heterocycles. The summed E-state index contributed by atoms with van der Waals surface area (Å²) < 4.78 is 1.88. The summed E-state index contributed by atoms with van der Waals surface area (Å²) in [5.74, 6) is 0.